The molecule has 1 aromatic heterocycles. The second-order valence-corrected chi connectivity index (χ2v) is 6.97. The van der Waals surface area contributed by atoms with Crippen LogP contribution in [-0.2, 0) is 12.4 Å². The first-order valence-corrected chi connectivity index (χ1v) is 8.54. The molecule has 2 aromatic rings. The van der Waals surface area contributed by atoms with Gasteiger partial charge in [0.1, 0.15) is 5.82 Å². The highest BCUT2D eigenvalue weighted by atomic mass is 79.9. The Bertz CT molecular complexity index is 563. The highest BCUT2D eigenvalue weighted by molar-refractivity contribution is 9.10. The minimum Gasteiger partial charge on any atom is -0.327 e. The van der Waals surface area contributed by atoms with E-state index in [9.17, 15) is 0 Å². The Balaban J connectivity index is 2.03. The van der Waals surface area contributed by atoms with Crippen LogP contribution in [0.4, 0.5) is 0 Å². The molecular formula is C13H14BrClN2S. The monoisotopic (exact) mass is 344 g/mol. The molecule has 1 fully saturated rings. The smallest absolute Gasteiger partial charge is 0.124 e. The van der Waals surface area contributed by atoms with Crippen molar-refractivity contribution in [2.75, 3.05) is 11.5 Å². The lowest BCUT2D eigenvalue weighted by Gasteiger charge is -2.12. The van der Waals surface area contributed by atoms with Gasteiger partial charge in [0.15, 0.2) is 0 Å². The van der Waals surface area contributed by atoms with E-state index in [0.29, 0.717) is 5.88 Å². The maximum absolute atomic E-state index is 6.03. The van der Waals surface area contributed by atoms with Gasteiger partial charge in [0.25, 0.3) is 0 Å². The van der Waals surface area contributed by atoms with E-state index in [1.807, 2.05) is 6.07 Å². The topological polar surface area (TPSA) is 17.8 Å². The summed E-state index contributed by atoms with van der Waals surface area (Å²) in [5, 5.41) is 0. The van der Waals surface area contributed by atoms with Crippen LogP contribution in [0.15, 0.2) is 22.7 Å². The molecule has 2 nitrogen and oxygen atoms in total. The summed E-state index contributed by atoms with van der Waals surface area (Å²) in [6.45, 7) is 1.04. The summed E-state index contributed by atoms with van der Waals surface area (Å²) in [7, 11) is 0. The van der Waals surface area contributed by atoms with Gasteiger partial charge in [-0.15, -0.1) is 11.6 Å². The maximum Gasteiger partial charge on any atom is 0.124 e. The fourth-order valence-corrected chi connectivity index (χ4v) is 4.26. The molecule has 1 aliphatic rings. The van der Waals surface area contributed by atoms with Crippen LogP contribution in [0.1, 0.15) is 12.2 Å². The molecule has 5 heteroatoms. The van der Waals surface area contributed by atoms with Crippen molar-refractivity contribution in [1.82, 2.24) is 9.55 Å². The number of alkyl halides is 1. The Morgan fingerprint density at radius 1 is 1.50 bits per heavy atom. The molecule has 1 aromatic carbocycles. The molecule has 1 aliphatic heterocycles. The molecule has 0 spiro atoms. The summed E-state index contributed by atoms with van der Waals surface area (Å²) in [6.07, 6.45) is 1.31. The molecule has 3 rings (SSSR count). The van der Waals surface area contributed by atoms with E-state index in [-0.39, 0.29) is 0 Å². The first-order chi connectivity index (χ1) is 8.78. The molecule has 0 bridgehead atoms. The van der Waals surface area contributed by atoms with Gasteiger partial charge < -0.3 is 4.57 Å². The average Bonchev–Trinajstić information content (AvgIpc) is 2.98. The van der Waals surface area contributed by atoms with E-state index in [1.165, 1.54) is 23.4 Å². The van der Waals surface area contributed by atoms with Gasteiger partial charge >= 0.3 is 0 Å². The van der Waals surface area contributed by atoms with Crippen molar-refractivity contribution in [3.8, 4) is 0 Å². The Kier molecular flexibility index (Phi) is 3.87. The highest BCUT2D eigenvalue weighted by Crippen LogP contribution is 2.28. The third-order valence-corrected chi connectivity index (χ3v) is 5.34. The number of hydrogen-bond acceptors (Lipinski definition) is 2. The molecule has 0 amide bonds. The van der Waals surface area contributed by atoms with Gasteiger partial charge in [0.2, 0.25) is 0 Å². The summed E-state index contributed by atoms with van der Waals surface area (Å²) < 4.78 is 3.39. The Morgan fingerprint density at radius 2 is 2.39 bits per heavy atom. The predicted octanol–water partition coefficient (Wildman–Crippen LogP) is 4.29. The molecule has 0 N–H and O–H groups in total. The number of imidazole rings is 1. The third-order valence-electron chi connectivity index (χ3n) is 3.37. The number of halogens is 2. The van der Waals surface area contributed by atoms with Gasteiger partial charge in [-0.2, -0.15) is 11.8 Å². The molecule has 18 heavy (non-hydrogen) atoms. The first-order valence-electron chi connectivity index (χ1n) is 6.06. The average molecular weight is 346 g/mol. The van der Waals surface area contributed by atoms with Crippen LogP contribution in [0.3, 0.4) is 0 Å². The second kappa shape index (κ2) is 5.43. The molecular weight excluding hydrogens is 332 g/mol. The molecule has 2 heterocycles. The zero-order valence-electron chi connectivity index (χ0n) is 9.90. The lowest BCUT2D eigenvalue weighted by molar-refractivity contribution is 0.493. The van der Waals surface area contributed by atoms with Gasteiger partial charge in [-0.25, -0.2) is 4.98 Å². The van der Waals surface area contributed by atoms with E-state index in [0.717, 1.165) is 28.3 Å². The zero-order chi connectivity index (χ0) is 12.5. The molecule has 0 aliphatic carbocycles. The summed E-state index contributed by atoms with van der Waals surface area (Å²) in [5.41, 5.74) is 2.23. The summed E-state index contributed by atoms with van der Waals surface area (Å²) in [4.78, 5) is 4.62. The van der Waals surface area contributed by atoms with Crippen LogP contribution in [-0.4, -0.2) is 21.1 Å². The number of rotatable bonds is 3. The van der Waals surface area contributed by atoms with Crippen molar-refractivity contribution >= 4 is 50.3 Å². The number of benzene rings is 1. The lowest BCUT2D eigenvalue weighted by atomic mass is 10.1. The van der Waals surface area contributed by atoms with Crippen molar-refractivity contribution in [3.63, 3.8) is 0 Å². The third kappa shape index (κ3) is 2.43. The number of nitrogens with zero attached hydrogens (tertiary/aromatic N) is 2. The van der Waals surface area contributed by atoms with Crippen molar-refractivity contribution < 1.29 is 0 Å². The lowest BCUT2D eigenvalue weighted by Crippen LogP contribution is -2.12. The summed E-state index contributed by atoms with van der Waals surface area (Å²) in [6, 6.07) is 6.22. The summed E-state index contributed by atoms with van der Waals surface area (Å²) in [5.74, 6) is 4.77. The normalized spacial score (nSPS) is 19.8. The number of aromatic nitrogens is 2. The van der Waals surface area contributed by atoms with Crippen LogP contribution in [0.25, 0.3) is 11.0 Å². The quantitative estimate of drug-likeness (QED) is 0.772. The summed E-state index contributed by atoms with van der Waals surface area (Å²) >= 11 is 11.6. The maximum atomic E-state index is 6.03. The zero-order valence-corrected chi connectivity index (χ0v) is 13.1. The fraction of sp³-hybridized carbons (Fsp3) is 0.462. The molecule has 0 radical (unpaired) electrons. The van der Waals surface area contributed by atoms with E-state index < -0.39 is 0 Å². The predicted molar refractivity (Wildman–Crippen MR) is 82.4 cm³/mol. The van der Waals surface area contributed by atoms with E-state index >= 15 is 0 Å². The van der Waals surface area contributed by atoms with Crippen molar-refractivity contribution in [1.29, 1.82) is 0 Å². The second-order valence-electron chi connectivity index (χ2n) is 4.63. The molecule has 1 unspecified atom stereocenters. The van der Waals surface area contributed by atoms with Crippen LogP contribution in [0.2, 0.25) is 0 Å². The van der Waals surface area contributed by atoms with Crippen LogP contribution in [0.5, 0.6) is 0 Å². The standard InChI is InChI=1S/C13H14BrClN2S/c14-10-1-2-11-12(5-10)17(13(6-15)16-11)7-9-3-4-18-8-9/h1-2,5,9H,3-4,6-8H2. The minimum absolute atomic E-state index is 0.478. The Hall–Kier alpha value is -0.190. The van der Waals surface area contributed by atoms with Crippen LogP contribution < -0.4 is 0 Å². The molecule has 96 valence electrons. The van der Waals surface area contributed by atoms with Crippen molar-refractivity contribution in [2.24, 2.45) is 5.92 Å². The van der Waals surface area contributed by atoms with Gasteiger partial charge in [0.05, 0.1) is 16.9 Å². The number of hydrogen-bond donors (Lipinski definition) is 0. The van der Waals surface area contributed by atoms with Crippen molar-refractivity contribution in [3.05, 3.63) is 28.5 Å². The van der Waals surface area contributed by atoms with E-state index in [2.05, 4.69) is 49.4 Å². The van der Waals surface area contributed by atoms with Gasteiger partial charge in [-0.05, 0) is 42.0 Å². The van der Waals surface area contributed by atoms with Gasteiger partial charge in [0, 0.05) is 11.0 Å². The first kappa shape index (κ1) is 12.8. The Morgan fingerprint density at radius 3 is 3.11 bits per heavy atom. The van der Waals surface area contributed by atoms with Gasteiger partial charge in [-0.1, -0.05) is 15.9 Å². The molecule has 1 saturated heterocycles. The molecule has 0 saturated carbocycles. The largest absolute Gasteiger partial charge is 0.327 e. The Labute approximate surface area is 124 Å². The van der Waals surface area contributed by atoms with Crippen molar-refractivity contribution in [2.45, 2.75) is 18.8 Å². The fourth-order valence-electron chi connectivity index (χ4n) is 2.44. The minimum atomic E-state index is 0.478. The van der Waals surface area contributed by atoms with Crippen LogP contribution >= 0.6 is 39.3 Å². The van der Waals surface area contributed by atoms with E-state index in [1.54, 1.807) is 0 Å². The highest BCUT2D eigenvalue weighted by Gasteiger charge is 2.19. The number of thioether (sulfide) groups is 1. The molecule has 1 atom stereocenters. The van der Waals surface area contributed by atoms with E-state index in [4.69, 9.17) is 11.6 Å². The van der Waals surface area contributed by atoms with Gasteiger partial charge in [-0.3, -0.25) is 0 Å². The number of fused-ring (bicyclic) bond motifs is 1. The SMILES string of the molecule is ClCc1nc2ccc(Br)cc2n1CC1CCSC1. The van der Waals surface area contributed by atoms with Crippen LogP contribution in [0, 0.1) is 5.92 Å².